The molecule has 2 aliphatic rings. The lowest BCUT2D eigenvalue weighted by Crippen LogP contribution is -2.46. The summed E-state index contributed by atoms with van der Waals surface area (Å²) in [5.74, 6) is -0.979. The van der Waals surface area contributed by atoms with Gasteiger partial charge in [-0.05, 0) is 58.7 Å². The summed E-state index contributed by atoms with van der Waals surface area (Å²) in [6, 6.07) is 15.0. The lowest BCUT2D eigenvalue weighted by molar-refractivity contribution is -0.238. The molecule has 2 saturated heterocycles. The van der Waals surface area contributed by atoms with Gasteiger partial charge in [0.2, 0.25) is 5.60 Å². The lowest BCUT2D eigenvalue weighted by Gasteiger charge is -2.32. The molecule has 1 aromatic carbocycles. The minimum absolute atomic E-state index is 0.117. The number of carbonyl (C=O) groups is 1. The van der Waals surface area contributed by atoms with E-state index in [1.165, 1.54) is 94.3 Å². The van der Waals surface area contributed by atoms with E-state index < -0.39 is 61.9 Å². The number of phosphoric acid groups is 1. The number of hydrogen-bond donors (Lipinski definition) is 1. The second kappa shape index (κ2) is 25.6. The molecule has 0 saturated carbocycles. The van der Waals surface area contributed by atoms with Crippen molar-refractivity contribution in [2.75, 3.05) is 31.7 Å². The first-order valence-electron chi connectivity index (χ1n) is 23.7. The molecule has 1 amide bonds. The van der Waals surface area contributed by atoms with Gasteiger partial charge in [0.05, 0.1) is 25.5 Å². The molecular formula is C48H73N5O11P-. The van der Waals surface area contributed by atoms with Crippen LogP contribution in [0.15, 0.2) is 48.8 Å². The molecule has 2 aliphatic heterocycles. The Labute approximate surface area is 385 Å². The van der Waals surface area contributed by atoms with Crippen LogP contribution in [-0.4, -0.2) is 82.4 Å². The molecule has 1 N–H and O–H groups in total. The Balaban J connectivity index is 1.10. The average molecular weight is 927 g/mol. The van der Waals surface area contributed by atoms with E-state index in [1.54, 1.807) is 46.8 Å². The first-order valence-corrected chi connectivity index (χ1v) is 25.2. The summed E-state index contributed by atoms with van der Waals surface area (Å²) in [6.07, 6.45) is 17.4. The van der Waals surface area contributed by atoms with Gasteiger partial charge < -0.3 is 42.4 Å². The quantitative estimate of drug-likeness (QED) is 0.0489. The zero-order chi connectivity index (χ0) is 46.8. The molecule has 0 radical (unpaired) electrons. The van der Waals surface area contributed by atoms with Gasteiger partial charge in [0.1, 0.15) is 54.5 Å². The van der Waals surface area contributed by atoms with Gasteiger partial charge in [-0.25, -0.2) is 14.3 Å². The van der Waals surface area contributed by atoms with Crippen LogP contribution in [0.2, 0.25) is 0 Å². The molecule has 4 heterocycles. The molecule has 2 fully saturated rings. The standard InChI is InChI=1S/C48H74N5O11P/c1-7-8-9-10-11-12-13-14-15-16-17-18-19-20-21-25-30-57-32-38(58-31-37-26-23-22-24-27-37)33-59-65(55,56)60-35-48(34-49)43-42(61-47(5,6)63-43)41(62-48)39-28-29-40-44(50-36-51-53(39)40)52-45(54)64-46(2,3)4/h22-24,26-29,36,38,41-43H,7-21,25,30-33,35H2,1-6H3,(H,55,56)(H,50,51,52,54)/p-1/t38-,41+,42+,43+,48-/m1/s1. The van der Waals surface area contributed by atoms with E-state index in [9.17, 15) is 19.5 Å². The van der Waals surface area contributed by atoms with Gasteiger partial charge in [0, 0.05) is 6.61 Å². The van der Waals surface area contributed by atoms with Gasteiger partial charge in [-0.2, -0.15) is 10.4 Å². The molecular weight excluding hydrogens is 854 g/mol. The van der Waals surface area contributed by atoms with Crippen molar-refractivity contribution in [2.45, 2.75) is 192 Å². The van der Waals surface area contributed by atoms with Crippen LogP contribution in [0.25, 0.3) is 5.52 Å². The van der Waals surface area contributed by atoms with Gasteiger partial charge in [-0.1, -0.05) is 134 Å². The highest BCUT2D eigenvalue weighted by atomic mass is 31.2. The van der Waals surface area contributed by atoms with Crippen molar-refractivity contribution in [1.29, 1.82) is 5.26 Å². The lowest BCUT2D eigenvalue weighted by atomic mass is 9.96. The molecule has 0 spiro atoms. The minimum Gasteiger partial charge on any atom is -0.756 e. The maximum atomic E-state index is 13.4. The third-order valence-electron chi connectivity index (χ3n) is 11.4. The molecule has 5 rings (SSSR count). The summed E-state index contributed by atoms with van der Waals surface area (Å²) in [7, 11) is -5.04. The van der Waals surface area contributed by atoms with Crippen LogP contribution in [0.5, 0.6) is 0 Å². The Morgan fingerprint density at radius 3 is 2.14 bits per heavy atom. The average Bonchev–Trinajstić information content (AvgIpc) is 3.93. The largest absolute Gasteiger partial charge is 0.756 e. The second-order valence-electron chi connectivity index (χ2n) is 18.7. The van der Waals surface area contributed by atoms with Gasteiger partial charge in [0.15, 0.2) is 11.6 Å². The number of amides is 1. The monoisotopic (exact) mass is 927 g/mol. The number of carbonyl (C=O) groups excluding carboxylic acids is 1. The molecule has 16 nitrogen and oxygen atoms in total. The van der Waals surface area contributed by atoms with Crippen molar-refractivity contribution < 1.29 is 51.7 Å². The Bertz CT molecular complexity index is 1970. The van der Waals surface area contributed by atoms with Crippen molar-refractivity contribution in [3.05, 3.63) is 60.0 Å². The first-order chi connectivity index (χ1) is 31.1. The summed E-state index contributed by atoms with van der Waals surface area (Å²) < 4.78 is 61.8. The predicted molar refractivity (Wildman–Crippen MR) is 244 cm³/mol. The molecule has 17 heteroatoms. The number of aromatic nitrogens is 3. The fourth-order valence-corrected chi connectivity index (χ4v) is 8.92. The van der Waals surface area contributed by atoms with Gasteiger partial charge in [0.25, 0.3) is 7.82 Å². The maximum absolute atomic E-state index is 13.4. The number of nitrogens with one attached hydrogen (secondary N) is 1. The molecule has 6 atom stereocenters. The summed E-state index contributed by atoms with van der Waals surface area (Å²) in [5.41, 5.74) is -0.926. The van der Waals surface area contributed by atoms with Crippen LogP contribution >= 0.6 is 7.82 Å². The van der Waals surface area contributed by atoms with E-state index in [4.69, 9.17) is 37.5 Å². The van der Waals surface area contributed by atoms with Crippen molar-refractivity contribution in [2.24, 2.45) is 0 Å². The number of benzene rings is 1. The number of nitriles is 1. The Kier molecular flexibility index (Phi) is 20.7. The molecule has 0 bridgehead atoms. The molecule has 2 aromatic heterocycles. The summed E-state index contributed by atoms with van der Waals surface area (Å²) in [4.78, 5) is 30.2. The Morgan fingerprint density at radius 2 is 1.52 bits per heavy atom. The Hall–Kier alpha value is -3.49. The number of phosphoric ester groups is 1. The fraction of sp³-hybridized carbons (Fsp3) is 0.708. The van der Waals surface area contributed by atoms with Crippen LogP contribution in [0, 0.1) is 11.3 Å². The number of fused-ring (bicyclic) bond motifs is 2. The number of nitrogens with zero attached hydrogens (tertiary/aromatic N) is 4. The zero-order valence-electron chi connectivity index (χ0n) is 39.5. The highest BCUT2D eigenvalue weighted by molar-refractivity contribution is 7.45. The number of ether oxygens (including phenoxy) is 6. The SMILES string of the molecule is CCCCCCCCCCCCCCCCCCOC[C@H](COP(=O)([O-])OC[C@@]1(C#N)O[C@@H](c2ccc3c(NC(=O)OC(C)(C)C)ncnn23)[C@@H]2OC(C)(C)O[C@@H]21)OCc1ccccc1. The van der Waals surface area contributed by atoms with Crippen molar-refractivity contribution in [3.63, 3.8) is 0 Å². The van der Waals surface area contributed by atoms with Gasteiger partial charge in [-0.3, -0.25) is 9.88 Å². The van der Waals surface area contributed by atoms with E-state index in [2.05, 4.69) is 28.4 Å². The van der Waals surface area contributed by atoms with E-state index in [0.717, 1.165) is 24.8 Å². The van der Waals surface area contributed by atoms with Crippen LogP contribution in [0.4, 0.5) is 10.6 Å². The van der Waals surface area contributed by atoms with Crippen molar-refractivity contribution in [1.82, 2.24) is 14.6 Å². The predicted octanol–water partition coefficient (Wildman–Crippen LogP) is 10.3. The van der Waals surface area contributed by atoms with Crippen LogP contribution in [0.3, 0.4) is 0 Å². The van der Waals surface area contributed by atoms with Gasteiger partial charge >= 0.3 is 6.09 Å². The van der Waals surface area contributed by atoms with E-state index in [0.29, 0.717) is 17.8 Å². The molecule has 0 aliphatic carbocycles. The van der Waals surface area contributed by atoms with E-state index >= 15 is 0 Å². The smallest absolute Gasteiger partial charge is 0.413 e. The number of rotatable bonds is 30. The summed E-state index contributed by atoms with van der Waals surface area (Å²) in [6.45, 7) is 10.6. The molecule has 65 heavy (non-hydrogen) atoms. The number of anilines is 1. The third kappa shape index (κ3) is 17.0. The maximum Gasteiger partial charge on any atom is 0.413 e. The molecule has 362 valence electrons. The highest BCUT2D eigenvalue weighted by Gasteiger charge is 2.64. The molecule has 1 unspecified atom stereocenters. The minimum atomic E-state index is -5.04. The van der Waals surface area contributed by atoms with Crippen LogP contribution < -0.4 is 10.2 Å². The number of hydrogen-bond acceptors (Lipinski definition) is 14. The topological polar surface area (TPSA) is 197 Å². The molecule has 3 aromatic rings. The Morgan fingerprint density at radius 1 is 0.892 bits per heavy atom. The van der Waals surface area contributed by atoms with Gasteiger partial charge in [-0.15, -0.1) is 0 Å². The third-order valence-corrected chi connectivity index (χ3v) is 12.3. The van der Waals surface area contributed by atoms with E-state index in [1.807, 2.05) is 30.3 Å². The normalized spacial score (nSPS) is 21.8. The van der Waals surface area contributed by atoms with Crippen LogP contribution in [0.1, 0.15) is 162 Å². The zero-order valence-corrected chi connectivity index (χ0v) is 40.4. The fourth-order valence-electron chi connectivity index (χ4n) is 8.15. The highest BCUT2D eigenvalue weighted by Crippen LogP contribution is 2.52. The van der Waals surface area contributed by atoms with E-state index in [-0.39, 0.29) is 25.6 Å². The van der Waals surface area contributed by atoms with Crippen molar-refractivity contribution >= 4 is 25.3 Å². The summed E-state index contributed by atoms with van der Waals surface area (Å²) in [5, 5.41) is 17.6. The number of unbranched alkanes of at least 4 members (excludes halogenated alkanes) is 15. The van der Waals surface area contributed by atoms with Crippen LogP contribution in [-0.2, 0) is 48.6 Å². The van der Waals surface area contributed by atoms with Crippen molar-refractivity contribution in [3.8, 4) is 6.07 Å². The second-order valence-corrected chi connectivity index (χ2v) is 20.1. The first kappa shape index (κ1) is 52.5. The summed E-state index contributed by atoms with van der Waals surface area (Å²) >= 11 is 0.